The van der Waals surface area contributed by atoms with Crippen LogP contribution >= 0.6 is 23.8 Å². The fourth-order valence-corrected chi connectivity index (χ4v) is 2.88. The number of hydrogen-bond donors (Lipinski definition) is 3. The first-order valence-electron chi connectivity index (χ1n) is 8.17. The van der Waals surface area contributed by atoms with Crippen LogP contribution < -0.4 is 20.9 Å². The molecule has 0 heterocycles. The molecule has 7 heteroatoms. The van der Waals surface area contributed by atoms with Crippen molar-refractivity contribution in [3.63, 3.8) is 0 Å². The van der Waals surface area contributed by atoms with E-state index in [0.717, 1.165) is 11.1 Å². The smallest absolute Gasteiger partial charge is 0.269 e. The monoisotopic (exact) mass is 391 g/mol. The van der Waals surface area contributed by atoms with E-state index in [-0.39, 0.29) is 17.1 Å². The molecule has 0 aliphatic carbocycles. The maximum Gasteiger partial charge on any atom is 0.269 e. The minimum atomic E-state index is -0.308. The van der Waals surface area contributed by atoms with E-state index >= 15 is 0 Å². The molecule has 0 saturated carbocycles. The van der Waals surface area contributed by atoms with Gasteiger partial charge in [0.1, 0.15) is 5.75 Å². The SMILES string of the molecule is Cc1cc(C)c(NC(=S)NNC(=O)c2ccc(OC(C)C)cc2)c(Cl)c1. The lowest BCUT2D eigenvalue weighted by Crippen LogP contribution is -2.43. The summed E-state index contributed by atoms with van der Waals surface area (Å²) in [5.41, 5.74) is 8.45. The van der Waals surface area contributed by atoms with Crippen molar-refractivity contribution >= 4 is 40.5 Å². The quantitative estimate of drug-likeness (QED) is 0.533. The van der Waals surface area contributed by atoms with Gasteiger partial charge in [-0.05, 0) is 81.4 Å². The van der Waals surface area contributed by atoms with Crippen LogP contribution in [0.4, 0.5) is 5.69 Å². The van der Waals surface area contributed by atoms with E-state index in [9.17, 15) is 4.79 Å². The molecule has 26 heavy (non-hydrogen) atoms. The number of carbonyl (C=O) groups excluding carboxylic acids is 1. The van der Waals surface area contributed by atoms with Gasteiger partial charge in [0.25, 0.3) is 5.91 Å². The minimum absolute atomic E-state index is 0.0804. The number of ether oxygens (including phenoxy) is 1. The number of aryl methyl sites for hydroxylation is 2. The zero-order valence-corrected chi connectivity index (χ0v) is 16.7. The molecule has 0 bridgehead atoms. The molecule has 5 nitrogen and oxygen atoms in total. The number of hydrazine groups is 1. The summed E-state index contributed by atoms with van der Waals surface area (Å²) < 4.78 is 5.55. The number of hydrogen-bond acceptors (Lipinski definition) is 3. The minimum Gasteiger partial charge on any atom is -0.491 e. The second kappa shape index (κ2) is 8.87. The molecule has 0 fully saturated rings. The van der Waals surface area contributed by atoms with Gasteiger partial charge in [-0.3, -0.25) is 15.6 Å². The van der Waals surface area contributed by atoms with Crippen molar-refractivity contribution in [2.75, 3.05) is 5.32 Å². The molecule has 0 unspecified atom stereocenters. The van der Waals surface area contributed by atoms with Gasteiger partial charge in [-0.1, -0.05) is 17.7 Å². The normalized spacial score (nSPS) is 10.4. The highest BCUT2D eigenvalue weighted by Crippen LogP contribution is 2.27. The highest BCUT2D eigenvalue weighted by atomic mass is 35.5. The van der Waals surface area contributed by atoms with Crippen LogP contribution in [0.2, 0.25) is 5.02 Å². The van der Waals surface area contributed by atoms with Gasteiger partial charge in [0.05, 0.1) is 16.8 Å². The lowest BCUT2D eigenvalue weighted by Gasteiger charge is -2.15. The standard InChI is InChI=1S/C19H22ClN3O2S/c1-11(2)25-15-7-5-14(6-8-15)18(24)22-23-19(26)21-17-13(4)9-12(3)10-16(17)20/h5-11H,1-4H3,(H,22,24)(H2,21,23,26). The zero-order chi connectivity index (χ0) is 19.3. The van der Waals surface area contributed by atoms with Gasteiger partial charge in [-0.25, -0.2) is 0 Å². The molecular weight excluding hydrogens is 370 g/mol. The second-order valence-electron chi connectivity index (χ2n) is 6.16. The molecule has 1 amide bonds. The third-order valence-corrected chi connectivity index (χ3v) is 3.95. The highest BCUT2D eigenvalue weighted by molar-refractivity contribution is 7.80. The van der Waals surface area contributed by atoms with Crippen molar-refractivity contribution in [3.05, 3.63) is 58.1 Å². The fourth-order valence-electron chi connectivity index (χ4n) is 2.36. The Bertz CT molecular complexity index is 784. The van der Waals surface area contributed by atoms with Crippen LogP contribution in [0, 0.1) is 13.8 Å². The maximum absolute atomic E-state index is 12.2. The molecule has 0 radical (unpaired) electrons. The van der Waals surface area contributed by atoms with Crippen LogP contribution in [0.3, 0.4) is 0 Å². The van der Waals surface area contributed by atoms with Gasteiger partial charge in [-0.2, -0.15) is 0 Å². The first-order valence-corrected chi connectivity index (χ1v) is 8.95. The van der Waals surface area contributed by atoms with Crippen molar-refractivity contribution in [2.45, 2.75) is 33.8 Å². The van der Waals surface area contributed by atoms with Gasteiger partial charge >= 0.3 is 0 Å². The summed E-state index contributed by atoms with van der Waals surface area (Å²) in [6.07, 6.45) is 0.0804. The summed E-state index contributed by atoms with van der Waals surface area (Å²) in [5.74, 6) is 0.406. The number of thiocarbonyl (C=S) groups is 1. The van der Waals surface area contributed by atoms with E-state index < -0.39 is 0 Å². The summed E-state index contributed by atoms with van der Waals surface area (Å²) >= 11 is 11.4. The Morgan fingerprint density at radius 3 is 2.35 bits per heavy atom. The number of amides is 1. The summed E-state index contributed by atoms with van der Waals surface area (Å²) in [4.78, 5) is 12.2. The molecule has 138 valence electrons. The molecular formula is C19H22ClN3O2S. The molecule has 0 aliphatic rings. The van der Waals surface area contributed by atoms with E-state index in [2.05, 4.69) is 16.2 Å². The summed E-state index contributed by atoms with van der Waals surface area (Å²) in [6.45, 7) is 7.79. The van der Waals surface area contributed by atoms with Crippen molar-refractivity contribution in [1.29, 1.82) is 0 Å². The molecule has 2 rings (SSSR count). The van der Waals surface area contributed by atoms with E-state index in [4.69, 9.17) is 28.6 Å². The molecule has 3 N–H and O–H groups in total. The first kappa shape index (κ1) is 20.0. The Kier molecular flexibility index (Phi) is 6.83. The number of benzene rings is 2. The van der Waals surface area contributed by atoms with Gasteiger partial charge in [0, 0.05) is 5.56 Å². The summed E-state index contributed by atoms with van der Waals surface area (Å²) in [6, 6.07) is 10.7. The predicted molar refractivity (Wildman–Crippen MR) is 110 cm³/mol. The lowest BCUT2D eigenvalue weighted by atomic mass is 10.1. The average molecular weight is 392 g/mol. The molecule has 0 saturated heterocycles. The van der Waals surface area contributed by atoms with Crippen LogP contribution in [0.1, 0.15) is 35.3 Å². The second-order valence-corrected chi connectivity index (χ2v) is 6.98. The van der Waals surface area contributed by atoms with Crippen molar-refractivity contribution < 1.29 is 9.53 Å². The Morgan fingerprint density at radius 2 is 1.77 bits per heavy atom. The largest absolute Gasteiger partial charge is 0.491 e. The Balaban J connectivity index is 1.92. The molecule has 2 aromatic carbocycles. The number of rotatable bonds is 4. The average Bonchev–Trinajstić information content (AvgIpc) is 2.56. The predicted octanol–water partition coefficient (Wildman–Crippen LogP) is 4.38. The van der Waals surface area contributed by atoms with E-state index in [1.165, 1.54) is 0 Å². The van der Waals surface area contributed by atoms with Gasteiger partial charge in [0.2, 0.25) is 0 Å². The summed E-state index contributed by atoms with van der Waals surface area (Å²) in [7, 11) is 0. The third kappa shape index (κ3) is 5.61. The highest BCUT2D eigenvalue weighted by Gasteiger charge is 2.09. The van der Waals surface area contributed by atoms with Crippen LogP contribution in [-0.2, 0) is 0 Å². The van der Waals surface area contributed by atoms with Gasteiger partial charge in [0.15, 0.2) is 5.11 Å². The molecule has 0 aromatic heterocycles. The number of carbonyl (C=O) groups is 1. The molecule has 0 aliphatic heterocycles. The first-order chi connectivity index (χ1) is 12.3. The number of halogens is 1. The van der Waals surface area contributed by atoms with Crippen LogP contribution in [-0.4, -0.2) is 17.1 Å². The van der Waals surface area contributed by atoms with Crippen molar-refractivity contribution in [1.82, 2.24) is 10.9 Å². The molecule has 0 atom stereocenters. The van der Waals surface area contributed by atoms with E-state index in [1.54, 1.807) is 24.3 Å². The lowest BCUT2D eigenvalue weighted by molar-refractivity contribution is 0.0944. The molecule has 0 spiro atoms. The van der Waals surface area contributed by atoms with Gasteiger partial charge < -0.3 is 10.1 Å². The van der Waals surface area contributed by atoms with E-state index in [0.29, 0.717) is 22.0 Å². The maximum atomic E-state index is 12.2. The topological polar surface area (TPSA) is 62.4 Å². The summed E-state index contributed by atoms with van der Waals surface area (Å²) in [5, 5.41) is 3.81. The Morgan fingerprint density at radius 1 is 1.12 bits per heavy atom. The molecule has 2 aromatic rings. The van der Waals surface area contributed by atoms with Crippen molar-refractivity contribution in [3.8, 4) is 5.75 Å². The zero-order valence-electron chi connectivity index (χ0n) is 15.1. The van der Waals surface area contributed by atoms with E-state index in [1.807, 2.05) is 39.8 Å². The Hall–Kier alpha value is -2.31. The third-order valence-electron chi connectivity index (χ3n) is 3.45. The van der Waals surface area contributed by atoms with Crippen LogP contribution in [0.15, 0.2) is 36.4 Å². The number of anilines is 1. The Labute approximate surface area is 164 Å². The fraction of sp³-hybridized carbons (Fsp3) is 0.263. The van der Waals surface area contributed by atoms with Crippen LogP contribution in [0.25, 0.3) is 0 Å². The number of nitrogens with one attached hydrogen (secondary N) is 3. The van der Waals surface area contributed by atoms with Crippen LogP contribution in [0.5, 0.6) is 5.75 Å². The van der Waals surface area contributed by atoms with Gasteiger partial charge in [-0.15, -0.1) is 0 Å². The van der Waals surface area contributed by atoms with Crippen molar-refractivity contribution in [2.24, 2.45) is 0 Å².